The number of β-lactam (4-membered cyclic amide) rings is 1. The lowest BCUT2D eigenvalue weighted by molar-refractivity contribution is -0.137. The monoisotopic (exact) mass is 157 g/mol. The van der Waals surface area contributed by atoms with E-state index < -0.39 is 0 Å². The summed E-state index contributed by atoms with van der Waals surface area (Å²) in [6.07, 6.45) is 2.17. The number of carbonyl (C=O) groups excluding carboxylic acids is 1. The van der Waals surface area contributed by atoms with E-state index in [4.69, 9.17) is 5.11 Å². The molecule has 1 amide bonds. The molecule has 0 aromatic rings. The summed E-state index contributed by atoms with van der Waals surface area (Å²) < 4.78 is 0. The van der Waals surface area contributed by atoms with Crippen LogP contribution in [0.1, 0.15) is 6.42 Å². The largest absolute Gasteiger partial charge is 0.510 e. The summed E-state index contributed by atoms with van der Waals surface area (Å²) in [5, 5.41) is 9.30. The Balaban J connectivity index is 2.18. The third-order valence-corrected chi connectivity index (χ3v) is 2.90. The van der Waals surface area contributed by atoms with Gasteiger partial charge in [-0.05, 0) is 0 Å². The Hall–Kier alpha value is -0.640. The van der Waals surface area contributed by atoms with Gasteiger partial charge in [-0.25, -0.2) is 0 Å². The minimum atomic E-state index is 0.115. The number of nitrogens with zero attached hydrogens (tertiary/aromatic N) is 1. The minimum absolute atomic E-state index is 0.115. The second kappa shape index (κ2) is 1.92. The first-order chi connectivity index (χ1) is 4.77. The maximum Gasteiger partial charge on any atom is 0.230 e. The van der Waals surface area contributed by atoms with E-state index in [2.05, 4.69) is 0 Å². The topological polar surface area (TPSA) is 40.5 Å². The third-order valence-electron chi connectivity index (χ3n) is 1.66. The molecule has 1 N–H and O–H groups in total. The average Bonchev–Trinajstić information content (AvgIpc) is 1.92. The summed E-state index contributed by atoms with van der Waals surface area (Å²) >= 11 is 1.61. The number of carbonyl (C=O) groups is 1. The quantitative estimate of drug-likeness (QED) is 0.526. The molecule has 0 bridgehead atoms. The molecule has 0 radical (unpaired) electrons. The molecule has 2 aliphatic rings. The van der Waals surface area contributed by atoms with Crippen molar-refractivity contribution >= 4 is 17.7 Å². The molecule has 2 heterocycles. The van der Waals surface area contributed by atoms with Crippen LogP contribution in [-0.2, 0) is 4.79 Å². The fourth-order valence-electron chi connectivity index (χ4n) is 1.08. The van der Waals surface area contributed by atoms with Gasteiger partial charge in [0, 0.05) is 6.20 Å². The smallest absolute Gasteiger partial charge is 0.230 e. The number of aliphatic hydroxyl groups is 1. The number of rotatable bonds is 0. The van der Waals surface area contributed by atoms with Crippen molar-refractivity contribution in [2.24, 2.45) is 0 Å². The second-order valence-corrected chi connectivity index (χ2v) is 3.56. The maximum atomic E-state index is 10.8. The van der Waals surface area contributed by atoms with Crippen LogP contribution < -0.4 is 0 Å². The molecule has 54 valence electrons. The molecule has 1 saturated heterocycles. The molecule has 1 fully saturated rings. The summed E-state index contributed by atoms with van der Waals surface area (Å²) in [7, 11) is 0. The Morgan fingerprint density at radius 2 is 2.60 bits per heavy atom. The van der Waals surface area contributed by atoms with Crippen molar-refractivity contribution < 1.29 is 9.90 Å². The van der Waals surface area contributed by atoms with Crippen LogP contribution in [-0.4, -0.2) is 27.0 Å². The normalized spacial score (nSPS) is 30.8. The van der Waals surface area contributed by atoms with Gasteiger partial charge >= 0.3 is 0 Å². The predicted molar refractivity (Wildman–Crippen MR) is 38.4 cm³/mol. The molecule has 1 unspecified atom stereocenters. The zero-order valence-corrected chi connectivity index (χ0v) is 6.10. The van der Waals surface area contributed by atoms with Crippen LogP contribution in [0.4, 0.5) is 0 Å². The van der Waals surface area contributed by atoms with Gasteiger partial charge < -0.3 is 10.0 Å². The van der Waals surface area contributed by atoms with E-state index in [0.29, 0.717) is 23.3 Å². The Kier molecular flexibility index (Phi) is 1.17. The van der Waals surface area contributed by atoms with Crippen molar-refractivity contribution in [2.45, 2.75) is 11.8 Å². The van der Waals surface area contributed by atoms with E-state index in [1.165, 1.54) is 6.20 Å². The van der Waals surface area contributed by atoms with E-state index in [9.17, 15) is 4.79 Å². The van der Waals surface area contributed by atoms with Gasteiger partial charge in [0.2, 0.25) is 5.91 Å². The van der Waals surface area contributed by atoms with Gasteiger partial charge in [0.25, 0.3) is 0 Å². The van der Waals surface area contributed by atoms with Gasteiger partial charge in [0.05, 0.1) is 17.5 Å². The van der Waals surface area contributed by atoms with E-state index in [-0.39, 0.29) is 5.91 Å². The average molecular weight is 157 g/mol. The molecule has 0 aromatic carbocycles. The first kappa shape index (κ1) is 6.09. The standard InChI is InChI=1S/C6H7NO2S/c8-4-2-7-5(9)1-6(7)10-3-4/h2,6,8H,1,3H2. The van der Waals surface area contributed by atoms with Crippen LogP contribution in [0.25, 0.3) is 0 Å². The molecular weight excluding hydrogens is 150 g/mol. The number of hydrogen-bond acceptors (Lipinski definition) is 3. The lowest BCUT2D eigenvalue weighted by atomic mass is 10.2. The van der Waals surface area contributed by atoms with Crippen molar-refractivity contribution in [1.82, 2.24) is 4.90 Å². The number of amides is 1. The van der Waals surface area contributed by atoms with Gasteiger partial charge in [-0.2, -0.15) is 0 Å². The summed E-state index contributed by atoms with van der Waals surface area (Å²) in [4.78, 5) is 12.4. The molecule has 0 aliphatic carbocycles. The highest BCUT2D eigenvalue weighted by molar-refractivity contribution is 8.00. The highest BCUT2D eigenvalue weighted by Gasteiger charge is 2.37. The van der Waals surface area contributed by atoms with Crippen LogP contribution in [0.15, 0.2) is 12.0 Å². The molecule has 0 aromatic heterocycles. The number of thioether (sulfide) groups is 1. The van der Waals surface area contributed by atoms with Crippen LogP contribution in [0, 0.1) is 0 Å². The lowest BCUT2D eigenvalue weighted by Gasteiger charge is -2.39. The van der Waals surface area contributed by atoms with Crippen LogP contribution in [0.3, 0.4) is 0 Å². The van der Waals surface area contributed by atoms with Crippen molar-refractivity contribution in [3.8, 4) is 0 Å². The maximum absolute atomic E-state index is 10.8. The summed E-state index contributed by atoms with van der Waals surface area (Å²) in [6, 6.07) is 0. The molecule has 0 saturated carbocycles. The highest BCUT2D eigenvalue weighted by atomic mass is 32.2. The third kappa shape index (κ3) is 0.718. The fraction of sp³-hybridized carbons (Fsp3) is 0.500. The predicted octanol–water partition coefficient (Wildman–Crippen LogP) is 0.691. The molecule has 3 nitrogen and oxygen atoms in total. The SMILES string of the molecule is O=C1CC2SCC(O)=CN12. The molecule has 4 heteroatoms. The Bertz CT molecular complexity index is 214. The van der Waals surface area contributed by atoms with Crippen LogP contribution in [0.5, 0.6) is 0 Å². The van der Waals surface area contributed by atoms with Gasteiger partial charge in [-0.15, -0.1) is 11.8 Å². The van der Waals surface area contributed by atoms with Crippen LogP contribution in [0.2, 0.25) is 0 Å². The van der Waals surface area contributed by atoms with Gasteiger partial charge in [0.15, 0.2) is 0 Å². The molecule has 2 rings (SSSR count). The molecule has 2 aliphatic heterocycles. The first-order valence-electron chi connectivity index (χ1n) is 3.10. The summed E-state index contributed by atoms with van der Waals surface area (Å²) in [5.41, 5.74) is 0. The Labute approximate surface area is 62.7 Å². The van der Waals surface area contributed by atoms with Crippen molar-refractivity contribution in [2.75, 3.05) is 5.75 Å². The minimum Gasteiger partial charge on any atom is -0.510 e. The van der Waals surface area contributed by atoms with Crippen molar-refractivity contribution in [3.05, 3.63) is 12.0 Å². The summed E-state index contributed by atoms with van der Waals surface area (Å²) in [5.74, 6) is 1.06. The van der Waals surface area contributed by atoms with Gasteiger partial charge in [-0.3, -0.25) is 4.79 Å². The lowest BCUT2D eigenvalue weighted by Crippen LogP contribution is -2.49. The van der Waals surface area contributed by atoms with Crippen LogP contribution >= 0.6 is 11.8 Å². The van der Waals surface area contributed by atoms with Gasteiger partial charge in [-0.1, -0.05) is 0 Å². The molecule has 10 heavy (non-hydrogen) atoms. The fourth-order valence-corrected chi connectivity index (χ4v) is 2.11. The van der Waals surface area contributed by atoms with E-state index >= 15 is 0 Å². The number of hydrogen-bond donors (Lipinski definition) is 1. The van der Waals surface area contributed by atoms with Crippen molar-refractivity contribution in [1.29, 1.82) is 0 Å². The number of aliphatic hydroxyl groups excluding tert-OH is 1. The molecular formula is C6H7NO2S. The molecule has 0 spiro atoms. The zero-order valence-electron chi connectivity index (χ0n) is 5.28. The van der Waals surface area contributed by atoms with E-state index in [0.717, 1.165) is 0 Å². The Morgan fingerprint density at radius 1 is 1.80 bits per heavy atom. The summed E-state index contributed by atoms with van der Waals surface area (Å²) in [6.45, 7) is 0. The van der Waals surface area contributed by atoms with E-state index in [1.807, 2.05) is 0 Å². The second-order valence-electron chi connectivity index (χ2n) is 2.39. The first-order valence-corrected chi connectivity index (χ1v) is 4.14. The van der Waals surface area contributed by atoms with E-state index in [1.54, 1.807) is 16.7 Å². The number of fused-ring (bicyclic) bond motifs is 1. The molecule has 1 atom stereocenters. The highest BCUT2D eigenvalue weighted by Crippen LogP contribution is 2.34. The zero-order chi connectivity index (χ0) is 7.14. The van der Waals surface area contributed by atoms with Gasteiger partial charge in [0.1, 0.15) is 5.76 Å². The van der Waals surface area contributed by atoms with Crippen molar-refractivity contribution in [3.63, 3.8) is 0 Å². The Morgan fingerprint density at radius 3 is 3.20 bits per heavy atom.